The van der Waals surface area contributed by atoms with Crippen molar-refractivity contribution in [3.8, 4) is 11.1 Å². The van der Waals surface area contributed by atoms with Crippen LogP contribution in [0.2, 0.25) is 5.02 Å². The molecule has 0 aliphatic heterocycles. The first-order valence-electron chi connectivity index (χ1n) is 5.86. The van der Waals surface area contributed by atoms with Crippen molar-refractivity contribution >= 4 is 22.6 Å². The number of furan rings is 1. The maximum Gasteiger partial charge on any atom is 0.142 e. The average molecular weight is 276 g/mol. The van der Waals surface area contributed by atoms with Crippen molar-refractivity contribution in [2.75, 3.05) is 0 Å². The Labute approximate surface area is 114 Å². The monoisotopic (exact) mass is 275 g/mol. The quantitative estimate of drug-likeness (QED) is 0.755. The van der Waals surface area contributed by atoms with E-state index >= 15 is 0 Å². The predicted octanol–water partition coefficient (Wildman–Crippen LogP) is 4.35. The molecule has 0 saturated carbocycles. The Balaban J connectivity index is 2.34. The van der Waals surface area contributed by atoms with Gasteiger partial charge in [-0.2, -0.15) is 0 Å². The van der Waals surface area contributed by atoms with E-state index in [2.05, 4.69) is 0 Å². The molecule has 0 aliphatic carbocycles. The molecule has 0 aliphatic rings. The molecule has 3 rings (SSSR count). The van der Waals surface area contributed by atoms with Crippen LogP contribution < -0.4 is 5.73 Å². The van der Waals surface area contributed by atoms with Gasteiger partial charge in [0.1, 0.15) is 17.2 Å². The highest BCUT2D eigenvalue weighted by molar-refractivity contribution is 6.31. The van der Waals surface area contributed by atoms with Crippen molar-refractivity contribution in [1.82, 2.24) is 0 Å². The minimum absolute atomic E-state index is 0.295. The van der Waals surface area contributed by atoms with Gasteiger partial charge in [0.2, 0.25) is 0 Å². The van der Waals surface area contributed by atoms with Gasteiger partial charge in [-0.15, -0.1) is 0 Å². The molecule has 0 radical (unpaired) electrons. The number of halogens is 2. The van der Waals surface area contributed by atoms with Gasteiger partial charge in [0, 0.05) is 21.5 Å². The molecule has 19 heavy (non-hydrogen) atoms. The molecule has 1 heterocycles. The molecule has 0 saturated heterocycles. The van der Waals surface area contributed by atoms with Crippen molar-refractivity contribution in [2.45, 2.75) is 6.54 Å². The molecule has 0 fully saturated rings. The van der Waals surface area contributed by atoms with Crippen molar-refractivity contribution < 1.29 is 8.81 Å². The van der Waals surface area contributed by atoms with E-state index in [1.807, 2.05) is 6.07 Å². The zero-order valence-corrected chi connectivity index (χ0v) is 10.7. The lowest BCUT2D eigenvalue weighted by molar-refractivity contribution is 0.552. The van der Waals surface area contributed by atoms with Crippen molar-refractivity contribution in [3.05, 3.63) is 59.1 Å². The number of hydrogen-bond acceptors (Lipinski definition) is 2. The highest BCUT2D eigenvalue weighted by Gasteiger charge is 2.13. The highest BCUT2D eigenvalue weighted by Crippen LogP contribution is 2.35. The van der Waals surface area contributed by atoms with Crippen LogP contribution in [0.15, 0.2) is 46.9 Å². The summed E-state index contributed by atoms with van der Waals surface area (Å²) >= 11 is 6.08. The molecule has 0 unspecified atom stereocenters. The van der Waals surface area contributed by atoms with Gasteiger partial charge in [-0.1, -0.05) is 29.8 Å². The van der Waals surface area contributed by atoms with Crippen LogP contribution in [0.4, 0.5) is 4.39 Å². The van der Waals surface area contributed by atoms with E-state index in [9.17, 15) is 4.39 Å². The van der Waals surface area contributed by atoms with Crippen molar-refractivity contribution in [1.29, 1.82) is 0 Å². The Bertz CT molecular complexity index is 751. The van der Waals surface area contributed by atoms with Gasteiger partial charge < -0.3 is 10.2 Å². The van der Waals surface area contributed by atoms with Gasteiger partial charge in [-0.3, -0.25) is 0 Å². The summed E-state index contributed by atoms with van der Waals surface area (Å²) in [6, 6.07) is 11.8. The lowest BCUT2D eigenvalue weighted by Gasteiger charge is -2.05. The summed E-state index contributed by atoms with van der Waals surface area (Å²) in [5, 5.41) is 1.36. The molecule has 0 bridgehead atoms. The first-order valence-corrected chi connectivity index (χ1v) is 6.24. The minimum Gasteiger partial charge on any atom is -0.459 e. The normalized spacial score (nSPS) is 11.1. The maximum atomic E-state index is 13.9. The summed E-state index contributed by atoms with van der Waals surface area (Å²) in [5.74, 6) is 0.339. The molecule has 0 atom stereocenters. The van der Waals surface area contributed by atoms with Crippen LogP contribution in [0, 0.1) is 5.82 Å². The number of benzene rings is 2. The third-order valence-electron chi connectivity index (χ3n) is 3.00. The fourth-order valence-corrected chi connectivity index (χ4v) is 2.38. The average Bonchev–Trinajstić information content (AvgIpc) is 2.81. The molecule has 4 heteroatoms. The van der Waals surface area contributed by atoms with Crippen LogP contribution >= 0.6 is 11.6 Å². The van der Waals surface area contributed by atoms with E-state index in [0.29, 0.717) is 34.0 Å². The molecular formula is C15H11ClFNO. The Morgan fingerprint density at radius 3 is 2.63 bits per heavy atom. The van der Waals surface area contributed by atoms with Crippen molar-refractivity contribution in [3.63, 3.8) is 0 Å². The van der Waals surface area contributed by atoms with Gasteiger partial charge in [0.15, 0.2) is 0 Å². The van der Waals surface area contributed by atoms with E-state index in [-0.39, 0.29) is 5.82 Å². The lowest BCUT2D eigenvalue weighted by Crippen LogP contribution is -1.92. The minimum atomic E-state index is -0.309. The van der Waals surface area contributed by atoms with Crippen molar-refractivity contribution in [2.24, 2.45) is 5.73 Å². The summed E-state index contributed by atoms with van der Waals surface area (Å²) in [6.45, 7) is 0.295. The van der Waals surface area contributed by atoms with E-state index < -0.39 is 0 Å². The standard InChI is InChI=1S/C15H11ClFNO/c16-10-5-9-6-11(8-18)19-15(9)13(7-10)12-3-1-2-4-14(12)17/h1-7H,8,18H2. The van der Waals surface area contributed by atoms with Gasteiger partial charge in [0.05, 0.1) is 6.54 Å². The van der Waals surface area contributed by atoms with Crippen LogP contribution in [-0.4, -0.2) is 0 Å². The lowest BCUT2D eigenvalue weighted by atomic mass is 10.0. The molecule has 1 aromatic heterocycles. The summed E-state index contributed by atoms with van der Waals surface area (Å²) < 4.78 is 19.6. The Morgan fingerprint density at radius 2 is 1.89 bits per heavy atom. The van der Waals surface area contributed by atoms with Gasteiger partial charge in [0.25, 0.3) is 0 Å². The SMILES string of the molecule is NCc1cc2cc(Cl)cc(-c3ccccc3F)c2o1. The first-order chi connectivity index (χ1) is 9.19. The zero-order valence-electron chi connectivity index (χ0n) is 9.99. The fourth-order valence-electron chi connectivity index (χ4n) is 2.15. The molecule has 96 valence electrons. The zero-order chi connectivity index (χ0) is 13.4. The smallest absolute Gasteiger partial charge is 0.142 e. The molecule has 2 aromatic carbocycles. The number of hydrogen-bond donors (Lipinski definition) is 1. The Kier molecular flexibility index (Phi) is 3.01. The fraction of sp³-hybridized carbons (Fsp3) is 0.0667. The maximum absolute atomic E-state index is 13.9. The summed E-state index contributed by atoms with van der Waals surface area (Å²) in [6.07, 6.45) is 0. The largest absolute Gasteiger partial charge is 0.459 e. The summed E-state index contributed by atoms with van der Waals surface area (Å²) in [4.78, 5) is 0. The number of nitrogens with two attached hydrogens (primary N) is 1. The second-order valence-corrected chi connectivity index (χ2v) is 4.70. The first kappa shape index (κ1) is 12.2. The van der Waals surface area contributed by atoms with Crippen LogP contribution in [0.3, 0.4) is 0 Å². The van der Waals surface area contributed by atoms with Gasteiger partial charge >= 0.3 is 0 Å². The molecule has 3 aromatic rings. The summed E-state index contributed by atoms with van der Waals surface area (Å²) in [5.41, 5.74) is 7.28. The number of fused-ring (bicyclic) bond motifs is 1. The van der Waals surface area contributed by atoms with Crippen LogP contribution in [-0.2, 0) is 6.54 Å². The molecule has 2 N–H and O–H groups in total. The number of rotatable bonds is 2. The third kappa shape index (κ3) is 2.11. The molecule has 0 spiro atoms. The van der Waals surface area contributed by atoms with Crippen LogP contribution in [0.1, 0.15) is 5.76 Å². The van der Waals surface area contributed by atoms with Crippen LogP contribution in [0.5, 0.6) is 0 Å². The Hall–Kier alpha value is -1.84. The second-order valence-electron chi connectivity index (χ2n) is 4.27. The summed E-state index contributed by atoms with van der Waals surface area (Å²) in [7, 11) is 0. The third-order valence-corrected chi connectivity index (χ3v) is 3.22. The second kappa shape index (κ2) is 4.68. The molecule has 0 amide bonds. The predicted molar refractivity (Wildman–Crippen MR) is 74.5 cm³/mol. The van der Waals surface area contributed by atoms with E-state index in [1.165, 1.54) is 6.07 Å². The van der Waals surface area contributed by atoms with Gasteiger partial charge in [-0.05, 0) is 24.3 Å². The van der Waals surface area contributed by atoms with Crippen LogP contribution in [0.25, 0.3) is 22.1 Å². The van der Waals surface area contributed by atoms with E-state index in [0.717, 1.165) is 5.39 Å². The topological polar surface area (TPSA) is 39.2 Å². The van der Waals surface area contributed by atoms with E-state index in [1.54, 1.807) is 30.3 Å². The Morgan fingerprint density at radius 1 is 1.11 bits per heavy atom. The molecule has 2 nitrogen and oxygen atoms in total. The van der Waals surface area contributed by atoms with Gasteiger partial charge in [-0.25, -0.2) is 4.39 Å². The highest BCUT2D eigenvalue weighted by atomic mass is 35.5. The molecular weight excluding hydrogens is 265 g/mol. The van der Waals surface area contributed by atoms with E-state index in [4.69, 9.17) is 21.8 Å².